The fourth-order valence-corrected chi connectivity index (χ4v) is 2.47. The van der Waals surface area contributed by atoms with Crippen LogP contribution < -0.4 is 10.6 Å². The molecule has 0 aliphatic rings. The van der Waals surface area contributed by atoms with Gasteiger partial charge in [-0.05, 0) is 36.8 Å². The first kappa shape index (κ1) is 15.3. The molecule has 0 saturated heterocycles. The van der Waals surface area contributed by atoms with E-state index in [0.29, 0.717) is 18.5 Å². The summed E-state index contributed by atoms with van der Waals surface area (Å²) in [6, 6.07) is 4.68. The van der Waals surface area contributed by atoms with E-state index in [2.05, 4.69) is 51.1 Å². The molecular weight excluding hydrogens is 242 g/mol. The first-order valence-corrected chi connectivity index (χ1v) is 7.81. The lowest BCUT2D eigenvalue weighted by atomic mass is 10.1. The molecule has 102 valence electrons. The molecule has 0 aliphatic carbocycles. The van der Waals surface area contributed by atoms with Gasteiger partial charge in [0.1, 0.15) is 5.82 Å². The van der Waals surface area contributed by atoms with Crippen molar-refractivity contribution >= 4 is 17.6 Å². The lowest BCUT2D eigenvalue weighted by Gasteiger charge is -2.26. The van der Waals surface area contributed by atoms with Gasteiger partial charge in [-0.3, -0.25) is 0 Å². The van der Waals surface area contributed by atoms with E-state index in [1.165, 1.54) is 0 Å². The van der Waals surface area contributed by atoms with E-state index < -0.39 is 0 Å². The Bertz CT molecular complexity index is 379. The number of anilines is 1. The van der Waals surface area contributed by atoms with Gasteiger partial charge in [0.15, 0.2) is 0 Å². The van der Waals surface area contributed by atoms with Crippen LogP contribution in [0.4, 0.5) is 5.82 Å². The van der Waals surface area contributed by atoms with Crippen LogP contribution in [0, 0.1) is 0 Å². The standard InChI is InChI=1S/C14H25N3S/c1-10(2)13-6-12(8-15)7-14(16-13)17(4)11(3)9-18-5/h6-7,10-11H,8-9,15H2,1-5H3. The van der Waals surface area contributed by atoms with Crippen molar-refractivity contribution < 1.29 is 0 Å². The third kappa shape index (κ3) is 3.89. The Morgan fingerprint density at radius 2 is 2.00 bits per heavy atom. The van der Waals surface area contributed by atoms with E-state index in [9.17, 15) is 0 Å². The minimum absolute atomic E-state index is 0.430. The van der Waals surface area contributed by atoms with Gasteiger partial charge < -0.3 is 10.6 Å². The van der Waals surface area contributed by atoms with Gasteiger partial charge in [-0.1, -0.05) is 13.8 Å². The van der Waals surface area contributed by atoms with Gasteiger partial charge >= 0.3 is 0 Å². The molecule has 1 aromatic heterocycles. The number of pyridine rings is 1. The highest BCUT2D eigenvalue weighted by molar-refractivity contribution is 7.98. The largest absolute Gasteiger partial charge is 0.356 e. The quantitative estimate of drug-likeness (QED) is 0.860. The van der Waals surface area contributed by atoms with Crippen LogP contribution in [0.25, 0.3) is 0 Å². The second-order valence-electron chi connectivity index (χ2n) is 5.03. The Kier molecular flexibility index (Phi) is 5.96. The number of hydrogen-bond donors (Lipinski definition) is 1. The number of nitrogens with two attached hydrogens (primary N) is 1. The normalized spacial score (nSPS) is 12.8. The van der Waals surface area contributed by atoms with Crippen molar-refractivity contribution in [1.29, 1.82) is 0 Å². The van der Waals surface area contributed by atoms with Crippen LogP contribution in [0.1, 0.15) is 37.9 Å². The first-order chi connectivity index (χ1) is 8.49. The first-order valence-electron chi connectivity index (χ1n) is 6.42. The number of rotatable bonds is 6. The molecule has 1 unspecified atom stereocenters. The zero-order valence-electron chi connectivity index (χ0n) is 12.1. The third-order valence-corrected chi connectivity index (χ3v) is 3.96. The molecule has 0 aliphatic heterocycles. The van der Waals surface area contributed by atoms with Crippen molar-refractivity contribution in [3.63, 3.8) is 0 Å². The van der Waals surface area contributed by atoms with Gasteiger partial charge in [-0.15, -0.1) is 0 Å². The van der Waals surface area contributed by atoms with Crippen LogP contribution in [0.5, 0.6) is 0 Å². The number of nitrogens with zero attached hydrogens (tertiary/aromatic N) is 2. The van der Waals surface area contributed by atoms with Crippen LogP contribution in [0.3, 0.4) is 0 Å². The second-order valence-corrected chi connectivity index (χ2v) is 5.94. The second kappa shape index (κ2) is 7.00. The summed E-state index contributed by atoms with van der Waals surface area (Å²) in [7, 11) is 2.10. The molecule has 0 saturated carbocycles. The summed E-state index contributed by atoms with van der Waals surface area (Å²) in [5.74, 6) is 2.56. The van der Waals surface area contributed by atoms with Gasteiger partial charge in [0.2, 0.25) is 0 Å². The molecule has 1 rings (SSSR count). The number of hydrogen-bond acceptors (Lipinski definition) is 4. The Morgan fingerprint density at radius 1 is 1.33 bits per heavy atom. The Morgan fingerprint density at radius 3 is 2.50 bits per heavy atom. The summed E-state index contributed by atoms with van der Waals surface area (Å²) in [5.41, 5.74) is 8.05. The summed E-state index contributed by atoms with van der Waals surface area (Å²) >= 11 is 1.86. The van der Waals surface area contributed by atoms with Crippen LogP contribution in [0.15, 0.2) is 12.1 Å². The molecule has 18 heavy (non-hydrogen) atoms. The molecule has 0 spiro atoms. The molecule has 1 atom stereocenters. The highest BCUT2D eigenvalue weighted by Crippen LogP contribution is 2.21. The van der Waals surface area contributed by atoms with Gasteiger partial charge in [-0.2, -0.15) is 11.8 Å². The summed E-state index contributed by atoms with van der Waals surface area (Å²) in [4.78, 5) is 6.98. The van der Waals surface area contributed by atoms with Crippen LogP contribution in [0.2, 0.25) is 0 Å². The predicted octanol–water partition coefficient (Wildman–Crippen LogP) is 2.85. The molecule has 0 bridgehead atoms. The van der Waals surface area contributed by atoms with E-state index in [-0.39, 0.29) is 0 Å². The highest BCUT2D eigenvalue weighted by Gasteiger charge is 2.13. The predicted molar refractivity (Wildman–Crippen MR) is 82.5 cm³/mol. The Hall–Kier alpha value is -0.740. The van der Waals surface area contributed by atoms with E-state index in [1.54, 1.807) is 0 Å². The van der Waals surface area contributed by atoms with Crippen LogP contribution in [-0.2, 0) is 6.54 Å². The maximum Gasteiger partial charge on any atom is 0.129 e. The van der Waals surface area contributed by atoms with Crippen molar-refractivity contribution in [2.24, 2.45) is 5.73 Å². The molecule has 0 fully saturated rings. The number of aromatic nitrogens is 1. The lowest BCUT2D eigenvalue weighted by molar-refractivity contribution is 0.738. The van der Waals surface area contributed by atoms with E-state index in [0.717, 1.165) is 22.8 Å². The molecular formula is C14H25N3S. The molecule has 3 nitrogen and oxygen atoms in total. The SMILES string of the molecule is CSCC(C)N(C)c1cc(CN)cc(C(C)C)n1. The van der Waals surface area contributed by atoms with E-state index in [4.69, 9.17) is 10.7 Å². The summed E-state index contributed by atoms with van der Waals surface area (Å²) in [5, 5.41) is 0. The summed E-state index contributed by atoms with van der Waals surface area (Å²) in [6.07, 6.45) is 2.13. The molecule has 0 amide bonds. The zero-order chi connectivity index (χ0) is 13.7. The van der Waals surface area contributed by atoms with E-state index >= 15 is 0 Å². The summed E-state index contributed by atoms with van der Waals surface area (Å²) in [6.45, 7) is 7.12. The smallest absolute Gasteiger partial charge is 0.129 e. The molecule has 1 heterocycles. The monoisotopic (exact) mass is 267 g/mol. The molecule has 0 radical (unpaired) electrons. The van der Waals surface area contributed by atoms with Gasteiger partial charge in [0.25, 0.3) is 0 Å². The maximum absolute atomic E-state index is 5.77. The Balaban J connectivity index is 3.03. The minimum Gasteiger partial charge on any atom is -0.356 e. The van der Waals surface area contributed by atoms with Crippen molar-refractivity contribution in [3.8, 4) is 0 Å². The molecule has 0 aromatic carbocycles. The molecule has 2 N–H and O–H groups in total. The van der Waals surface area contributed by atoms with Crippen molar-refractivity contribution in [2.75, 3.05) is 24.0 Å². The van der Waals surface area contributed by atoms with E-state index in [1.807, 2.05) is 11.8 Å². The minimum atomic E-state index is 0.430. The molecule has 1 aromatic rings. The fourth-order valence-electron chi connectivity index (χ4n) is 1.77. The fraction of sp³-hybridized carbons (Fsp3) is 0.643. The van der Waals surface area contributed by atoms with Crippen LogP contribution in [-0.4, -0.2) is 30.1 Å². The van der Waals surface area contributed by atoms with Crippen molar-refractivity contribution in [1.82, 2.24) is 4.98 Å². The average Bonchev–Trinajstić information content (AvgIpc) is 2.37. The lowest BCUT2D eigenvalue weighted by Crippen LogP contribution is -2.31. The van der Waals surface area contributed by atoms with Crippen molar-refractivity contribution in [3.05, 3.63) is 23.4 Å². The molecule has 4 heteroatoms. The van der Waals surface area contributed by atoms with Gasteiger partial charge in [-0.25, -0.2) is 4.98 Å². The zero-order valence-corrected chi connectivity index (χ0v) is 12.9. The Labute approximate surface area is 115 Å². The van der Waals surface area contributed by atoms with Gasteiger partial charge in [0.05, 0.1) is 0 Å². The number of thioether (sulfide) groups is 1. The highest BCUT2D eigenvalue weighted by atomic mass is 32.2. The van der Waals surface area contributed by atoms with Gasteiger partial charge in [0, 0.05) is 31.1 Å². The third-order valence-electron chi connectivity index (χ3n) is 3.15. The summed E-state index contributed by atoms with van der Waals surface area (Å²) < 4.78 is 0. The topological polar surface area (TPSA) is 42.1 Å². The van der Waals surface area contributed by atoms with Crippen LogP contribution >= 0.6 is 11.8 Å². The maximum atomic E-state index is 5.77. The average molecular weight is 267 g/mol. The van der Waals surface area contributed by atoms with Crippen molar-refractivity contribution in [2.45, 2.75) is 39.3 Å².